The lowest BCUT2D eigenvalue weighted by molar-refractivity contribution is 0.0753. The molecule has 0 aliphatic rings. The van der Waals surface area contributed by atoms with E-state index in [9.17, 15) is 9.90 Å². The Hall–Kier alpha value is -1.75. The molecule has 22 heavy (non-hydrogen) atoms. The quantitative estimate of drug-likeness (QED) is 0.844. The van der Waals surface area contributed by atoms with Crippen molar-refractivity contribution in [1.82, 2.24) is 9.80 Å². The van der Waals surface area contributed by atoms with Crippen LogP contribution in [0.5, 0.6) is 0 Å². The number of benzene rings is 1. The first kappa shape index (κ1) is 18.3. The highest BCUT2D eigenvalue weighted by atomic mass is 16.4. The maximum absolute atomic E-state index is 11.5. The van der Waals surface area contributed by atoms with Gasteiger partial charge in [-0.3, -0.25) is 4.90 Å². The second-order valence-corrected chi connectivity index (χ2v) is 6.85. The van der Waals surface area contributed by atoms with Gasteiger partial charge >= 0.3 is 6.09 Å². The van der Waals surface area contributed by atoms with E-state index >= 15 is 0 Å². The first-order valence-electron chi connectivity index (χ1n) is 7.63. The molecule has 1 rings (SSSR count). The number of carboxylic acid groups (broad SMARTS) is 1. The van der Waals surface area contributed by atoms with Crippen molar-refractivity contribution in [3.8, 4) is 0 Å². The number of hydrogen-bond donors (Lipinski definition) is 2. The van der Waals surface area contributed by atoms with E-state index in [1.807, 2.05) is 66.1 Å². The molecule has 0 spiro atoms. The zero-order chi connectivity index (χ0) is 16.9. The van der Waals surface area contributed by atoms with Crippen LogP contribution in [0.15, 0.2) is 24.3 Å². The maximum atomic E-state index is 11.5. The topological polar surface area (TPSA) is 55.8 Å². The van der Waals surface area contributed by atoms with Crippen molar-refractivity contribution < 1.29 is 9.90 Å². The van der Waals surface area contributed by atoms with Gasteiger partial charge in [0.15, 0.2) is 0 Å². The highest BCUT2D eigenvalue weighted by Gasteiger charge is 2.31. The van der Waals surface area contributed by atoms with Gasteiger partial charge in [-0.05, 0) is 59.5 Å². The highest BCUT2D eigenvalue weighted by Crippen LogP contribution is 2.28. The Balaban J connectivity index is 2.78. The number of rotatable bonds is 6. The summed E-state index contributed by atoms with van der Waals surface area (Å²) in [6.07, 6.45) is -0.895. The van der Waals surface area contributed by atoms with Gasteiger partial charge in [-0.2, -0.15) is 0 Å². The predicted molar refractivity (Wildman–Crippen MR) is 91.5 cm³/mol. The van der Waals surface area contributed by atoms with E-state index in [1.165, 1.54) is 4.90 Å². The van der Waals surface area contributed by atoms with Crippen molar-refractivity contribution in [3.63, 3.8) is 0 Å². The molecular weight excluding hydrogens is 278 g/mol. The lowest BCUT2D eigenvalue weighted by Crippen LogP contribution is -2.46. The average molecular weight is 307 g/mol. The van der Waals surface area contributed by atoms with E-state index in [1.54, 1.807) is 0 Å². The summed E-state index contributed by atoms with van der Waals surface area (Å²) in [6, 6.07) is 7.80. The standard InChI is InChI=1S/C17H29N3O2/c1-13(20(16(21)22)17(2,3)4)14-7-9-15(10-8-14)18-11-12-19(5)6/h7-10,13,18H,11-12H2,1-6H3,(H,21,22)/t13-/m0/s1. The molecule has 0 bridgehead atoms. The Bertz CT molecular complexity index is 478. The smallest absolute Gasteiger partial charge is 0.408 e. The first-order chi connectivity index (χ1) is 10.1. The summed E-state index contributed by atoms with van der Waals surface area (Å²) < 4.78 is 0. The van der Waals surface area contributed by atoms with E-state index in [-0.39, 0.29) is 6.04 Å². The fraction of sp³-hybridized carbons (Fsp3) is 0.588. The first-order valence-corrected chi connectivity index (χ1v) is 7.63. The lowest BCUT2D eigenvalue weighted by atomic mass is 9.99. The van der Waals surface area contributed by atoms with Crippen LogP contribution in [0.3, 0.4) is 0 Å². The average Bonchev–Trinajstić information content (AvgIpc) is 2.36. The summed E-state index contributed by atoms with van der Waals surface area (Å²) in [4.78, 5) is 15.2. The molecular formula is C17H29N3O2. The molecule has 1 aromatic rings. The normalized spacial score (nSPS) is 13.0. The van der Waals surface area contributed by atoms with Gasteiger partial charge in [-0.25, -0.2) is 4.79 Å². The molecule has 0 heterocycles. The molecule has 1 atom stereocenters. The van der Waals surface area contributed by atoms with Crippen LogP contribution >= 0.6 is 0 Å². The van der Waals surface area contributed by atoms with Crippen LogP contribution in [0.25, 0.3) is 0 Å². The second kappa shape index (κ2) is 7.49. The predicted octanol–water partition coefficient (Wildman–Crippen LogP) is 3.50. The van der Waals surface area contributed by atoms with Gasteiger partial charge in [-0.1, -0.05) is 12.1 Å². The highest BCUT2D eigenvalue weighted by molar-refractivity contribution is 5.67. The van der Waals surface area contributed by atoms with Crippen LogP contribution in [0.1, 0.15) is 39.3 Å². The van der Waals surface area contributed by atoms with Crippen LogP contribution in [-0.2, 0) is 0 Å². The van der Waals surface area contributed by atoms with Gasteiger partial charge in [0.2, 0.25) is 0 Å². The zero-order valence-electron chi connectivity index (χ0n) is 14.6. The maximum Gasteiger partial charge on any atom is 0.408 e. The van der Waals surface area contributed by atoms with Gasteiger partial charge in [0, 0.05) is 24.3 Å². The third kappa shape index (κ3) is 5.22. The Labute approximate surface area is 133 Å². The lowest BCUT2D eigenvalue weighted by Gasteiger charge is -2.38. The molecule has 0 aromatic heterocycles. The van der Waals surface area contributed by atoms with Crippen LogP contribution in [0.2, 0.25) is 0 Å². The number of carbonyl (C=O) groups is 1. The van der Waals surface area contributed by atoms with E-state index in [0.717, 1.165) is 24.3 Å². The van der Waals surface area contributed by atoms with Gasteiger partial charge in [0.1, 0.15) is 0 Å². The Kier molecular flexibility index (Phi) is 6.23. The number of anilines is 1. The second-order valence-electron chi connectivity index (χ2n) is 6.85. The Morgan fingerprint density at radius 3 is 2.18 bits per heavy atom. The summed E-state index contributed by atoms with van der Waals surface area (Å²) in [7, 11) is 4.08. The molecule has 0 saturated carbocycles. The molecule has 1 amide bonds. The van der Waals surface area contributed by atoms with E-state index in [2.05, 4.69) is 10.2 Å². The number of likely N-dealkylation sites (N-methyl/N-ethyl adjacent to an activating group) is 1. The number of hydrogen-bond acceptors (Lipinski definition) is 3. The van der Waals surface area contributed by atoms with Crippen molar-refractivity contribution in [2.24, 2.45) is 0 Å². The van der Waals surface area contributed by atoms with Gasteiger partial charge in [0.05, 0.1) is 6.04 Å². The summed E-state index contributed by atoms with van der Waals surface area (Å²) in [5.74, 6) is 0. The molecule has 1 aromatic carbocycles. The summed E-state index contributed by atoms with van der Waals surface area (Å²) >= 11 is 0. The molecule has 0 radical (unpaired) electrons. The zero-order valence-corrected chi connectivity index (χ0v) is 14.6. The molecule has 0 aliphatic heterocycles. The van der Waals surface area contributed by atoms with Gasteiger partial charge in [0.25, 0.3) is 0 Å². The van der Waals surface area contributed by atoms with Crippen LogP contribution < -0.4 is 5.32 Å². The Morgan fingerprint density at radius 2 is 1.77 bits per heavy atom. The minimum atomic E-state index is -0.895. The van der Waals surface area contributed by atoms with E-state index in [4.69, 9.17) is 0 Å². The monoisotopic (exact) mass is 307 g/mol. The van der Waals surface area contributed by atoms with Gasteiger partial charge in [-0.15, -0.1) is 0 Å². The van der Waals surface area contributed by atoms with Crippen LogP contribution in [-0.4, -0.2) is 53.7 Å². The minimum absolute atomic E-state index is 0.187. The van der Waals surface area contributed by atoms with E-state index in [0.29, 0.717) is 0 Å². The van der Waals surface area contributed by atoms with Crippen LogP contribution in [0, 0.1) is 0 Å². The van der Waals surface area contributed by atoms with Crippen molar-refractivity contribution >= 4 is 11.8 Å². The summed E-state index contributed by atoms with van der Waals surface area (Å²) in [5.41, 5.74) is 1.61. The number of nitrogens with zero attached hydrogens (tertiary/aromatic N) is 2. The van der Waals surface area contributed by atoms with Crippen molar-refractivity contribution in [1.29, 1.82) is 0 Å². The minimum Gasteiger partial charge on any atom is -0.465 e. The SMILES string of the molecule is C[C@@H](c1ccc(NCCN(C)C)cc1)N(C(=O)O)C(C)(C)C. The molecule has 124 valence electrons. The number of amides is 1. The van der Waals surface area contributed by atoms with Crippen molar-refractivity contribution in [3.05, 3.63) is 29.8 Å². The molecule has 0 unspecified atom stereocenters. The van der Waals surface area contributed by atoms with Crippen molar-refractivity contribution in [2.45, 2.75) is 39.3 Å². The molecule has 0 aliphatic carbocycles. The summed E-state index contributed by atoms with van der Waals surface area (Å²) in [5, 5.41) is 12.8. The van der Waals surface area contributed by atoms with E-state index < -0.39 is 11.6 Å². The van der Waals surface area contributed by atoms with Gasteiger partial charge < -0.3 is 15.3 Å². The van der Waals surface area contributed by atoms with Crippen molar-refractivity contribution in [2.75, 3.05) is 32.5 Å². The molecule has 0 saturated heterocycles. The third-order valence-corrected chi connectivity index (χ3v) is 3.60. The molecule has 2 N–H and O–H groups in total. The fourth-order valence-corrected chi connectivity index (χ4v) is 2.49. The Morgan fingerprint density at radius 1 is 1.23 bits per heavy atom. The third-order valence-electron chi connectivity index (χ3n) is 3.60. The summed E-state index contributed by atoms with van der Waals surface area (Å²) in [6.45, 7) is 9.51. The fourth-order valence-electron chi connectivity index (χ4n) is 2.49. The molecule has 5 heteroatoms. The largest absolute Gasteiger partial charge is 0.465 e. The molecule has 5 nitrogen and oxygen atoms in total. The number of nitrogens with one attached hydrogen (secondary N) is 1. The van der Waals surface area contributed by atoms with Crippen LogP contribution in [0.4, 0.5) is 10.5 Å². The molecule has 0 fully saturated rings.